The largest absolute Gasteiger partial charge is 0.280 e. The molecule has 0 aromatic heterocycles. The maximum Gasteiger partial charge on any atom is 0.270 e. The van der Waals surface area contributed by atoms with Gasteiger partial charge in [-0.05, 0) is 24.3 Å². The second-order valence-electron chi connectivity index (χ2n) is 3.65. The number of nitro groups is 1. The molecule has 0 unspecified atom stereocenters. The van der Waals surface area contributed by atoms with E-state index in [9.17, 15) is 18.5 Å². The highest BCUT2D eigenvalue weighted by molar-refractivity contribution is 7.92. The third kappa shape index (κ3) is 3.08. The molecule has 0 spiro atoms. The summed E-state index contributed by atoms with van der Waals surface area (Å²) in [5.41, 5.74) is 0.0662. The number of nitro benzene ring substituents is 1. The van der Waals surface area contributed by atoms with E-state index in [4.69, 9.17) is 0 Å². The first-order valence-corrected chi connectivity index (χ1v) is 6.71. The first kappa shape index (κ1) is 13.0. The third-order valence-corrected chi connectivity index (χ3v) is 3.68. The molecule has 0 saturated carbocycles. The summed E-state index contributed by atoms with van der Waals surface area (Å²) in [6.45, 7) is 0. The minimum atomic E-state index is -3.84. The summed E-state index contributed by atoms with van der Waals surface area (Å²) in [7, 11) is -3.84. The standard InChI is InChI=1S/C12H9N2O4S/c15-14(16)11-7-4-8-12(9-11)19(17,18)13-10-5-2-1-3-6-10/h1-2,4-9,13H. The summed E-state index contributed by atoms with van der Waals surface area (Å²) in [5, 5.41) is 10.6. The van der Waals surface area contributed by atoms with Gasteiger partial charge in [0.1, 0.15) is 0 Å². The van der Waals surface area contributed by atoms with Crippen LogP contribution in [0.4, 0.5) is 11.4 Å². The SMILES string of the molecule is O=[N+]([O-])c1cccc(S(=O)(=O)Nc2c[c]ccc2)c1. The Kier molecular flexibility index (Phi) is 3.48. The zero-order valence-corrected chi connectivity index (χ0v) is 10.4. The smallest absolute Gasteiger partial charge is 0.270 e. The molecule has 97 valence electrons. The Morgan fingerprint density at radius 3 is 2.63 bits per heavy atom. The van der Waals surface area contributed by atoms with Crippen LogP contribution in [-0.2, 0) is 10.0 Å². The van der Waals surface area contributed by atoms with Crippen LogP contribution in [0, 0.1) is 16.2 Å². The van der Waals surface area contributed by atoms with Crippen molar-refractivity contribution in [1.82, 2.24) is 0 Å². The quantitative estimate of drug-likeness (QED) is 0.685. The molecule has 0 atom stereocenters. The van der Waals surface area contributed by atoms with Crippen molar-refractivity contribution in [3.63, 3.8) is 0 Å². The van der Waals surface area contributed by atoms with Crippen LogP contribution in [0.3, 0.4) is 0 Å². The van der Waals surface area contributed by atoms with E-state index in [1.54, 1.807) is 18.2 Å². The van der Waals surface area contributed by atoms with Crippen molar-refractivity contribution < 1.29 is 13.3 Å². The summed E-state index contributed by atoms with van der Waals surface area (Å²) in [6.07, 6.45) is 0. The van der Waals surface area contributed by atoms with Crippen molar-refractivity contribution in [3.8, 4) is 0 Å². The van der Waals surface area contributed by atoms with E-state index in [2.05, 4.69) is 10.8 Å². The van der Waals surface area contributed by atoms with Gasteiger partial charge in [-0.3, -0.25) is 14.8 Å². The highest BCUT2D eigenvalue weighted by Crippen LogP contribution is 2.20. The zero-order valence-electron chi connectivity index (χ0n) is 9.61. The van der Waals surface area contributed by atoms with E-state index in [-0.39, 0.29) is 10.6 Å². The molecule has 19 heavy (non-hydrogen) atoms. The molecular weight excluding hydrogens is 268 g/mol. The molecule has 2 rings (SSSR count). The highest BCUT2D eigenvalue weighted by atomic mass is 32.2. The van der Waals surface area contributed by atoms with Crippen LogP contribution < -0.4 is 4.72 Å². The fourth-order valence-electron chi connectivity index (χ4n) is 1.44. The highest BCUT2D eigenvalue weighted by Gasteiger charge is 2.17. The molecule has 0 amide bonds. The van der Waals surface area contributed by atoms with Crippen molar-refractivity contribution in [2.24, 2.45) is 0 Å². The fourth-order valence-corrected chi connectivity index (χ4v) is 2.52. The topological polar surface area (TPSA) is 89.3 Å². The number of hydrogen-bond acceptors (Lipinski definition) is 4. The van der Waals surface area contributed by atoms with E-state index < -0.39 is 14.9 Å². The first-order chi connectivity index (χ1) is 8.99. The van der Waals surface area contributed by atoms with Crippen LogP contribution in [0.25, 0.3) is 0 Å². The van der Waals surface area contributed by atoms with Gasteiger partial charge in [-0.1, -0.05) is 18.2 Å². The Balaban J connectivity index is 2.35. The van der Waals surface area contributed by atoms with Gasteiger partial charge in [0.15, 0.2) is 0 Å². The molecule has 0 aliphatic carbocycles. The normalized spacial score (nSPS) is 10.9. The molecule has 0 aliphatic rings. The van der Waals surface area contributed by atoms with Crippen molar-refractivity contribution in [2.45, 2.75) is 4.90 Å². The van der Waals surface area contributed by atoms with E-state index in [0.29, 0.717) is 5.69 Å². The molecule has 2 aromatic carbocycles. The molecule has 2 aromatic rings. The minimum absolute atomic E-state index is 0.162. The van der Waals surface area contributed by atoms with Crippen LogP contribution in [0.1, 0.15) is 0 Å². The third-order valence-electron chi connectivity index (χ3n) is 2.30. The van der Waals surface area contributed by atoms with Crippen LogP contribution >= 0.6 is 0 Å². The lowest BCUT2D eigenvalue weighted by molar-refractivity contribution is -0.385. The van der Waals surface area contributed by atoms with Gasteiger partial charge >= 0.3 is 0 Å². The first-order valence-electron chi connectivity index (χ1n) is 5.22. The molecule has 0 aliphatic heterocycles. The van der Waals surface area contributed by atoms with Crippen LogP contribution in [0.5, 0.6) is 0 Å². The summed E-state index contributed by atoms with van der Waals surface area (Å²) in [5.74, 6) is 0. The van der Waals surface area contributed by atoms with E-state index in [0.717, 1.165) is 6.07 Å². The van der Waals surface area contributed by atoms with Crippen molar-refractivity contribution >= 4 is 21.4 Å². The second-order valence-corrected chi connectivity index (χ2v) is 5.33. The average molecular weight is 277 g/mol. The maximum atomic E-state index is 12.0. The lowest BCUT2D eigenvalue weighted by Gasteiger charge is -2.07. The summed E-state index contributed by atoms with van der Waals surface area (Å²) >= 11 is 0. The van der Waals surface area contributed by atoms with Crippen molar-refractivity contribution in [3.05, 3.63) is 64.7 Å². The number of benzene rings is 2. The van der Waals surface area contributed by atoms with Crippen molar-refractivity contribution in [1.29, 1.82) is 0 Å². The molecule has 1 N–H and O–H groups in total. The van der Waals surface area contributed by atoms with Crippen LogP contribution in [0.2, 0.25) is 0 Å². The Morgan fingerprint density at radius 2 is 2.00 bits per heavy atom. The fraction of sp³-hybridized carbons (Fsp3) is 0. The predicted octanol–water partition coefficient (Wildman–Crippen LogP) is 2.20. The van der Waals surface area contributed by atoms with Gasteiger partial charge < -0.3 is 0 Å². The monoisotopic (exact) mass is 277 g/mol. The number of sulfonamides is 1. The molecule has 1 radical (unpaired) electrons. The van der Waals surface area contributed by atoms with E-state index in [1.165, 1.54) is 24.3 Å². The van der Waals surface area contributed by atoms with Crippen LogP contribution in [-0.4, -0.2) is 13.3 Å². The van der Waals surface area contributed by atoms with Gasteiger partial charge in [-0.2, -0.15) is 0 Å². The molecule has 7 heteroatoms. The van der Waals surface area contributed by atoms with Gasteiger partial charge in [0.05, 0.1) is 9.82 Å². The Bertz CT molecular complexity index is 699. The average Bonchev–Trinajstić information content (AvgIpc) is 2.39. The molecule has 0 fully saturated rings. The lowest BCUT2D eigenvalue weighted by Crippen LogP contribution is -2.13. The van der Waals surface area contributed by atoms with Gasteiger partial charge in [0, 0.05) is 17.8 Å². The second kappa shape index (κ2) is 5.07. The van der Waals surface area contributed by atoms with Gasteiger partial charge in [0.25, 0.3) is 15.7 Å². The Morgan fingerprint density at radius 1 is 1.21 bits per heavy atom. The molecule has 0 bridgehead atoms. The number of rotatable bonds is 4. The van der Waals surface area contributed by atoms with E-state index in [1.807, 2.05) is 0 Å². The summed E-state index contributed by atoms with van der Waals surface area (Å²) < 4.78 is 26.4. The maximum absolute atomic E-state index is 12.0. The van der Waals surface area contributed by atoms with Gasteiger partial charge in [0.2, 0.25) is 0 Å². The Hall–Kier alpha value is -2.41. The summed E-state index contributed by atoms with van der Waals surface area (Å²) in [4.78, 5) is 9.82. The van der Waals surface area contributed by atoms with Crippen molar-refractivity contribution in [2.75, 3.05) is 4.72 Å². The predicted molar refractivity (Wildman–Crippen MR) is 69.2 cm³/mol. The molecular formula is C12H9N2O4S. The number of nitrogens with zero attached hydrogens (tertiary/aromatic N) is 1. The van der Waals surface area contributed by atoms with E-state index >= 15 is 0 Å². The lowest BCUT2D eigenvalue weighted by atomic mass is 10.3. The van der Waals surface area contributed by atoms with Gasteiger partial charge in [-0.25, -0.2) is 8.42 Å². The minimum Gasteiger partial charge on any atom is -0.280 e. The number of anilines is 1. The molecule has 6 nitrogen and oxygen atoms in total. The van der Waals surface area contributed by atoms with Crippen LogP contribution in [0.15, 0.2) is 53.4 Å². The molecule has 0 heterocycles. The number of hydrogen-bond donors (Lipinski definition) is 1. The Labute approximate surface area is 109 Å². The summed E-state index contributed by atoms with van der Waals surface area (Å²) in [6, 6.07) is 13.9. The van der Waals surface area contributed by atoms with Gasteiger partial charge in [-0.15, -0.1) is 0 Å². The number of non-ortho nitro benzene ring substituents is 1. The molecule has 0 saturated heterocycles. The zero-order chi connectivity index (χ0) is 13.9. The number of nitrogens with one attached hydrogen (secondary N) is 1.